The number of piperazine rings is 1. The molecule has 4 heterocycles. The molecule has 1 saturated heterocycles. The van der Waals surface area contributed by atoms with Crippen LogP contribution in [0.15, 0.2) is 46.4 Å². The summed E-state index contributed by atoms with van der Waals surface area (Å²) in [6.45, 7) is 4.07. The number of aliphatic hydroxyl groups excluding tert-OH is 1. The minimum absolute atomic E-state index is 0.0482. The monoisotopic (exact) mass is 540 g/mol. The summed E-state index contributed by atoms with van der Waals surface area (Å²) in [5.74, 6) is -0.165. The highest BCUT2D eigenvalue weighted by Gasteiger charge is 2.27. The third kappa shape index (κ3) is 5.22. The number of aliphatic imine (C=N–C) groups is 2. The first-order valence-electron chi connectivity index (χ1n) is 12.1. The lowest BCUT2D eigenvalue weighted by molar-refractivity contribution is -0.139. The van der Waals surface area contributed by atoms with Crippen molar-refractivity contribution >= 4 is 40.9 Å². The van der Waals surface area contributed by atoms with Crippen LogP contribution >= 0.6 is 11.3 Å². The van der Waals surface area contributed by atoms with Crippen molar-refractivity contribution in [1.82, 2.24) is 9.88 Å². The van der Waals surface area contributed by atoms with E-state index in [1.54, 1.807) is 4.90 Å². The highest BCUT2D eigenvalue weighted by Crippen LogP contribution is 2.41. The summed E-state index contributed by atoms with van der Waals surface area (Å²) in [5.41, 5.74) is 7.17. The largest absolute Gasteiger partial charge is 0.491 e. The van der Waals surface area contributed by atoms with E-state index in [9.17, 15) is 18.7 Å². The summed E-state index contributed by atoms with van der Waals surface area (Å²) in [7, 11) is 0. The number of halogens is 2. The molecular formula is C26H26F2N6O3S. The number of hydrogen-bond donors (Lipinski definition) is 2. The maximum Gasteiger partial charge on any atom is 0.251 e. The fourth-order valence-electron chi connectivity index (χ4n) is 4.41. The van der Waals surface area contributed by atoms with Gasteiger partial charge in [-0.1, -0.05) is 0 Å². The number of amidine groups is 1. The number of carbonyl (C=O) groups excluding carboxylic acids is 1. The summed E-state index contributed by atoms with van der Waals surface area (Å²) in [6.07, 6.45) is 0.690. The number of pyridine rings is 1. The molecule has 38 heavy (non-hydrogen) atoms. The van der Waals surface area contributed by atoms with Crippen LogP contribution in [-0.4, -0.2) is 72.0 Å². The molecule has 2 aliphatic heterocycles. The second kappa shape index (κ2) is 10.8. The number of amides is 1. The molecule has 0 aliphatic carbocycles. The van der Waals surface area contributed by atoms with E-state index in [-0.39, 0.29) is 17.4 Å². The molecule has 198 valence electrons. The zero-order valence-electron chi connectivity index (χ0n) is 20.6. The molecule has 3 aromatic rings. The third-order valence-corrected chi connectivity index (χ3v) is 7.50. The summed E-state index contributed by atoms with van der Waals surface area (Å²) in [6, 6.07) is 8.86. The predicted octanol–water partition coefficient (Wildman–Crippen LogP) is 3.12. The Morgan fingerprint density at radius 3 is 2.71 bits per heavy atom. The van der Waals surface area contributed by atoms with Crippen LogP contribution < -0.4 is 15.4 Å². The van der Waals surface area contributed by atoms with Crippen LogP contribution in [-0.2, 0) is 11.2 Å². The van der Waals surface area contributed by atoms with E-state index in [4.69, 9.17) is 15.5 Å². The fourth-order valence-corrected chi connectivity index (χ4v) is 5.56. The average molecular weight is 541 g/mol. The van der Waals surface area contributed by atoms with Gasteiger partial charge in [-0.2, -0.15) is 0 Å². The lowest BCUT2D eigenvalue weighted by Gasteiger charge is -2.36. The number of aliphatic hydroxyl groups is 1. The molecule has 0 saturated carbocycles. The van der Waals surface area contributed by atoms with Gasteiger partial charge < -0.3 is 25.4 Å². The van der Waals surface area contributed by atoms with Gasteiger partial charge in [0.15, 0.2) is 11.7 Å². The molecule has 0 unspecified atom stereocenters. The molecule has 5 rings (SSSR count). The van der Waals surface area contributed by atoms with Crippen LogP contribution in [0.5, 0.6) is 5.75 Å². The quantitative estimate of drug-likeness (QED) is 0.388. The molecule has 2 aromatic heterocycles. The van der Waals surface area contributed by atoms with Gasteiger partial charge in [-0.3, -0.25) is 4.79 Å². The molecule has 0 radical (unpaired) electrons. The lowest BCUT2D eigenvalue weighted by atomic mass is 10.1. The fraction of sp³-hybridized carbons (Fsp3) is 0.308. The summed E-state index contributed by atoms with van der Waals surface area (Å²) >= 11 is 1.39. The predicted molar refractivity (Wildman–Crippen MR) is 142 cm³/mol. The topological polar surface area (TPSA) is 117 Å². The number of nitrogens with zero attached hydrogens (tertiary/aromatic N) is 5. The molecular weight excluding hydrogens is 514 g/mol. The highest BCUT2D eigenvalue weighted by molar-refractivity contribution is 7.17. The van der Waals surface area contributed by atoms with Gasteiger partial charge in [0.1, 0.15) is 34.9 Å². The van der Waals surface area contributed by atoms with Crippen molar-refractivity contribution in [3.8, 4) is 16.3 Å². The Balaban J connectivity index is 1.46. The minimum Gasteiger partial charge on any atom is -0.491 e. The molecule has 1 atom stereocenters. The molecule has 2 aliphatic rings. The van der Waals surface area contributed by atoms with Gasteiger partial charge in [0.25, 0.3) is 5.91 Å². The van der Waals surface area contributed by atoms with Gasteiger partial charge in [-0.25, -0.2) is 23.7 Å². The van der Waals surface area contributed by atoms with Gasteiger partial charge in [0.05, 0.1) is 22.7 Å². The zero-order chi connectivity index (χ0) is 26.8. The van der Waals surface area contributed by atoms with Gasteiger partial charge >= 0.3 is 0 Å². The SMILES string of the molecule is C[C@H](O)C(=O)N1CCN(c2ccc3c(n2)-c2sc(C(N=CN)=Nc4ccc(F)cc4F)cc2CCO3)CC1. The van der Waals surface area contributed by atoms with Crippen molar-refractivity contribution < 1.29 is 23.4 Å². The van der Waals surface area contributed by atoms with Crippen LogP contribution in [0, 0.1) is 11.6 Å². The first-order chi connectivity index (χ1) is 18.3. The first kappa shape index (κ1) is 25.7. The van der Waals surface area contributed by atoms with Crippen LogP contribution in [0.25, 0.3) is 10.6 Å². The number of nitrogens with two attached hydrogens (primary N) is 1. The van der Waals surface area contributed by atoms with Crippen LogP contribution in [0.4, 0.5) is 20.3 Å². The normalized spacial score (nSPS) is 16.6. The number of ether oxygens (including phenoxy) is 1. The van der Waals surface area contributed by atoms with Crippen LogP contribution in [0.1, 0.15) is 17.4 Å². The minimum atomic E-state index is -1.02. The van der Waals surface area contributed by atoms with E-state index in [1.807, 2.05) is 18.2 Å². The highest BCUT2D eigenvalue weighted by atomic mass is 32.1. The van der Waals surface area contributed by atoms with Crippen molar-refractivity contribution in [2.24, 2.45) is 15.7 Å². The number of benzene rings is 1. The van der Waals surface area contributed by atoms with Crippen LogP contribution in [0.2, 0.25) is 0 Å². The van der Waals surface area contributed by atoms with E-state index in [0.717, 1.165) is 34.7 Å². The van der Waals surface area contributed by atoms with Crippen molar-refractivity contribution in [3.05, 3.63) is 58.5 Å². The van der Waals surface area contributed by atoms with Gasteiger partial charge in [0, 0.05) is 38.7 Å². The Bertz CT molecular complexity index is 1420. The number of hydrogen-bond acceptors (Lipinski definition) is 7. The van der Waals surface area contributed by atoms with E-state index in [1.165, 1.54) is 24.3 Å². The molecule has 9 nitrogen and oxygen atoms in total. The van der Waals surface area contributed by atoms with Crippen LogP contribution in [0.3, 0.4) is 0 Å². The summed E-state index contributed by atoms with van der Waals surface area (Å²) in [4.78, 5) is 30.8. The van der Waals surface area contributed by atoms with E-state index in [0.29, 0.717) is 55.5 Å². The van der Waals surface area contributed by atoms with Gasteiger partial charge in [-0.05, 0) is 42.8 Å². The van der Waals surface area contributed by atoms with Crippen molar-refractivity contribution in [2.45, 2.75) is 19.4 Å². The number of thiophene rings is 1. The molecule has 0 spiro atoms. The maximum absolute atomic E-state index is 14.3. The van der Waals surface area contributed by atoms with E-state index >= 15 is 0 Å². The Kier molecular flexibility index (Phi) is 7.34. The molecule has 1 amide bonds. The number of anilines is 1. The maximum atomic E-state index is 14.3. The first-order valence-corrected chi connectivity index (χ1v) is 12.9. The Hall–Kier alpha value is -3.90. The lowest BCUT2D eigenvalue weighted by Crippen LogP contribution is -2.51. The van der Waals surface area contributed by atoms with Crippen molar-refractivity contribution in [1.29, 1.82) is 0 Å². The molecule has 3 N–H and O–H groups in total. The summed E-state index contributed by atoms with van der Waals surface area (Å²) in [5, 5.41) is 9.60. The number of fused-ring (bicyclic) bond motifs is 3. The smallest absolute Gasteiger partial charge is 0.251 e. The third-order valence-electron chi connectivity index (χ3n) is 6.32. The van der Waals surface area contributed by atoms with Gasteiger partial charge in [0.2, 0.25) is 0 Å². The number of rotatable bonds is 4. The number of carbonyl (C=O) groups is 1. The molecule has 1 fully saturated rings. The molecule has 12 heteroatoms. The summed E-state index contributed by atoms with van der Waals surface area (Å²) < 4.78 is 33.6. The second-order valence-corrected chi connectivity index (χ2v) is 9.93. The standard InChI is InChI=1S/C26H26F2N6O3S/c1-15(35)26(36)34-9-7-33(8-10-34)22-5-4-20-23(32-22)24-16(6-11-37-20)12-21(38-24)25(30-14-29)31-19-3-2-17(27)13-18(19)28/h2-5,12-15,35H,6-11H2,1H3,(H2,29,30,31)/t15-/m0/s1. The second-order valence-electron chi connectivity index (χ2n) is 8.88. The molecule has 0 bridgehead atoms. The number of aromatic nitrogens is 1. The Labute approximate surface area is 221 Å². The Morgan fingerprint density at radius 1 is 1.21 bits per heavy atom. The van der Waals surface area contributed by atoms with Gasteiger partial charge in [-0.15, -0.1) is 11.3 Å². The van der Waals surface area contributed by atoms with E-state index in [2.05, 4.69) is 14.9 Å². The molecule has 1 aromatic carbocycles. The average Bonchev–Trinajstić information content (AvgIpc) is 3.25. The van der Waals surface area contributed by atoms with E-state index < -0.39 is 17.7 Å². The van der Waals surface area contributed by atoms with Crippen molar-refractivity contribution in [2.75, 3.05) is 37.7 Å². The van der Waals surface area contributed by atoms with Crippen molar-refractivity contribution in [3.63, 3.8) is 0 Å². The Morgan fingerprint density at radius 2 is 2.00 bits per heavy atom. The zero-order valence-corrected chi connectivity index (χ0v) is 21.4.